The highest BCUT2D eigenvalue weighted by Crippen LogP contribution is 2.56. The molecule has 4 nitrogen and oxygen atoms in total. The van der Waals surface area contributed by atoms with Crippen LogP contribution in [0.2, 0.25) is 0 Å². The summed E-state index contributed by atoms with van der Waals surface area (Å²) in [6.45, 7) is 0. The molecular weight excluding hydrogens is 168 g/mol. The van der Waals surface area contributed by atoms with E-state index in [9.17, 15) is 4.79 Å². The van der Waals surface area contributed by atoms with E-state index in [1.54, 1.807) is 0 Å². The van der Waals surface area contributed by atoms with Gasteiger partial charge in [0.1, 0.15) is 11.7 Å². The van der Waals surface area contributed by atoms with Crippen LogP contribution in [0.25, 0.3) is 0 Å². The number of hydrogen-bond acceptors (Lipinski definition) is 3. The number of nitrogens with two attached hydrogens (primary N) is 1. The number of carbonyl (C=O) groups excluding carboxylic acids is 1. The van der Waals surface area contributed by atoms with Gasteiger partial charge in [-0.15, -0.1) is 0 Å². The molecule has 0 aromatic rings. The minimum Gasteiger partial charge on any atom is -0.366 e. The van der Waals surface area contributed by atoms with Gasteiger partial charge < -0.3 is 10.5 Å². The summed E-state index contributed by atoms with van der Waals surface area (Å²) in [6.07, 6.45) is 4.80. The van der Waals surface area contributed by atoms with E-state index in [4.69, 9.17) is 15.7 Å². The summed E-state index contributed by atoms with van der Waals surface area (Å²) < 4.78 is 5.31. The Morgan fingerprint density at radius 1 is 1.38 bits per heavy atom. The number of amides is 1. The largest absolute Gasteiger partial charge is 0.366 e. The minimum atomic E-state index is -1.30. The predicted molar refractivity (Wildman–Crippen MR) is 44.4 cm³/mol. The zero-order valence-electron chi connectivity index (χ0n) is 7.38. The molecule has 1 unspecified atom stereocenters. The van der Waals surface area contributed by atoms with Crippen molar-refractivity contribution in [2.45, 2.75) is 43.3 Å². The summed E-state index contributed by atoms with van der Waals surface area (Å²) in [7, 11) is 0. The Balaban J connectivity index is 2.21. The molecule has 70 valence electrons. The highest BCUT2D eigenvalue weighted by atomic mass is 16.6. The first-order valence-electron chi connectivity index (χ1n) is 4.58. The lowest BCUT2D eigenvalue weighted by Gasteiger charge is -2.18. The highest BCUT2D eigenvalue weighted by Gasteiger charge is 2.74. The average molecular weight is 180 g/mol. The van der Waals surface area contributed by atoms with E-state index >= 15 is 0 Å². The molecule has 1 aliphatic heterocycles. The molecule has 2 rings (SSSR count). The molecule has 13 heavy (non-hydrogen) atoms. The topological polar surface area (TPSA) is 79.4 Å². The van der Waals surface area contributed by atoms with Gasteiger partial charge in [0.25, 0.3) is 11.5 Å². The van der Waals surface area contributed by atoms with Crippen molar-refractivity contribution in [1.29, 1.82) is 5.26 Å². The summed E-state index contributed by atoms with van der Waals surface area (Å²) in [5, 5.41) is 8.87. The third kappa shape index (κ3) is 0.909. The Bertz CT molecular complexity index is 288. The van der Waals surface area contributed by atoms with E-state index < -0.39 is 17.1 Å². The Kier molecular flexibility index (Phi) is 1.61. The van der Waals surface area contributed by atoms with E-state index in [0.29, 0.717) is 0 Å². The van der Waals surface area contributed by atoms with E-state index in [2.05, 4.69) is 0 Å². The molecule has 2 fully saturated rings. The zero-order chi connectivity index (χ0) is 9.53. The third-order valence-electron chi connectivity index (χ3n) is 3.11. The van der Waals surface area contributed by atoms with Crippen molar-refractivity contribution >= 4 is 5.91 Å². The lowest BCUT2D eigenvalue weighted by atomic mass is 9.80. The van der Waals surface area contributed by atoms with Crippen molar-refractivity contribution in [2.24, 2.45) is 5.73 Å². The summed E-state index contributed by atoms with van der Waals surface area (Å²) in [4.78, 5) is 11.1. The highest BCUT2D eigenvalue weighted by molar-refractivity contribution is 5.91. The number of nitriles is 1. The number of hydrogen-bond donors (Lipinski definition) is 1. The van der Waals surface area contributed by atoms with Crippen molar-refractivity contribution in [3.05, 3.63) is 0 Å². The fraction of sp³-hybridized carbons (Fsp3) is 0.778. The Labute approximate surface area is 76.7 Å². The molecule has 1 saturated carbocycles. The number of epoxide rings is 1. The first-order valence-corrected chi connectivity index (χ1v) is 4.58. The van der Waals surface area contributed by atoms with E-state index in [1.165, 1.54) is 0 Å². The van der Waals surface area contributed by atoms with Crippen LogP contribution in [0.1, 0.15) is 32.1 Å². The van der Waals surface area contributed by atoms with Crippen molar-refractivity contribution in [1.82, 2.24) is 0 Å². The molecule has 2 N–H and O–H groups in total. The normalized spacial score (nSPS) is 35.3. The molecule has 0 radical (unpaired) electrons. The maximum absolute atomic E-state index is 11.1. The van der Waals surface area contributed by atoms with E-state index in [0.717, 1.165) is 32.1 Å². The molecule has 1 saturated heterocycles. The smallest absolute Gasteiger partial charge is 0.267 e. The molecule has 1 spiro atoms. The zero-order valence-corrected chi connectivity index (χ0v) is 7.38. The number of rotatable bonds is 1. The van der Waals surface area contributed by atoms with Crippen molar-refractivity contribution in [2.75, 3.05) is 0 Å². The number of primary amides is 1. The summed E-state index contributed by atoms with van der Waals surface area (Å²) in [5.74, 6) is -0.628. The fourth-order valence-electron chi connectivity index (χ4n) is 2.30. The van der Waals surface area contributed by atoms with Gasteiger partial charge in [-0.05, 0) is 12.8 Å². The Morgan fingerprint density at radius 3 is 2.38 bits per heavy atom. The van der Waals surface area contributed by atoms with Crippen LogP contribution in [-0.2, 0) is 9.53 Å². The van der Waals surface area contributed by atoms with Crippen molar-refractivity contribution < 1.29 is 9.53 Å². The summed E-state index contributed by atoms with van der Waals surface area (Å²) in [5.41, 5.74) is 3.34. The van der Waals surface area contributed by atoms with E-state index in [1.807, 2.05) is 6.07 Å². The van der Waals surface area contributed by atoms with Crippen LogP contribution < -0.4 is 5.73 Å². The summed E-state index contributed by atoms with van der Waals surface area (Å²) in [6, 6.07) is 1.92. The van der Waals surface area contributed by atoms with Gasteiger partial charge in [-0.2, -0.15) is 5.26 Å². The maximum atomic E-state index is 11.1. The quantitative estimate of drug-likeness (QED) is 0.595. The van der Waals surface area contributed by atoms with Crippen LogP contribution >= 0.6 is 0 Å². The van der Waals surface area contributed by atoms with Crippen molar-refractivity contribution in [3.8, 4) is 6.07 Å². The summed E-state index contributed by atoms with van der Waals surface area (Å²) >= 11 is 0. The molecule has 1 amide bonds. The minimum absolute atomic E-state index is 0.522. The molecule has 0 bridgehead atoms. The molecular formula is C9H12N2O2. The number of carbonyl (C=O) groups is 1. The van der Waals surface area contributed by atoms with Gasteiger partial charge in [0, 0.05) is 0 Å². The van der Waals surface area contributed by atoms with Gasteiger partial charge in [-0.1, -0.05) is 19.3 Å². The van der Waals surface area contributed by atoms with Crippen LogP contribution in [0.15, 0.2) is 0 Å². The van der Waals surface area contributed by atoms with E-state index in [-0.39, 0.29) is 0 Å². The van der Waals surface area contributed by atoms with Crippen LogP contribution in [0, 0.1) is 11.3 Å². The molecule has 0 aromatic carbocycles. The van der Waals surface area contributed by atoms with Crippen LogP contribution in [0.3, 0.4) is 0 Å². The number of ether oxygens (including phenoxy) is 1. The second-order valence-corrected chi connectivity index (χ2v) is 3.81. The predicted octanol–water partition coefficient (Wildman–Crippen LogP) is 0.467. The fourth-order valence-corrected chi connectivity index (χ4v) is 2.30. The van der Waals surface area contributed by atoms with Gasteiger partial charge >= 0.3 is 0 Å². The monoisotopic (exact) mass is 180 g/mol. The first kappa shape index (κ1) is 8.52. The van der Waals surface area contributed by atoms with Crippen molar-refractivity contribution in [3.63, 3.8) is 0 Å². The molecule has 2 aliphatic rings. The maximum Gasteiger partial charge on any atom is 0.267 e. The van der Waals surface area contributed by atoms with Crippen LogP contribution in [0.4, 0.5) is 0 Å². The van der Waals surface area contributed by atoms with Crippen LogP contribution in [-0.4, -0.2) is 17.1 Å². The standard InChI is InChI=1S/C9H12N2O2/c10-6-9(7(11)12)8(13-9)4-2-1-3-5-8/h1-5H2,(H2,11,12). The van der Waals surface area contributed by atoms with Gasteiger partial charge in [0.2, 0.25) is 0 Å². The lowest BCUT2D eigenvalue weighted by Crippen LogP contribution is -2.39. The van der Waals surface area contributed by atoms with Gasteiger partial charge in [0.15, 0.2) is 0 Å². The Morgan fingerprint density at radius 2 is 2.00 bits per heavy atom. The second-order valence-electron chi connectivity index (χ2n) is 3.81. The molecule has 1 aliphatic carbocycles. The Hall–Kier alpha value is -1.08. The third-order valence-corrected chi connectivity index (χ3v) is 3.11. The second kappa shape index (κ2) is 2.46. The molecule has 1 atom stereocenters. The molecule has 0 aromatic heterocycles. The molecule has 1 heterocycles. The molecule has 4 heteroatoms. The van der Waals surface area contributed by atoms with Gasteiger partial charge in [0.05, 0.1) is 0 Å². The average Bonchev–Trinajstić information content (AvgIpc) is 2.76. The SMILES string of the molecule is N#CC1(C(N)=O)OC12CCCCC2. The van der Waals surface area contributed by atoms with Gasteiger partial charge in [-0.3, -0.25) is 4.79 Å². The number of nitrogens with zero attached hydrogens (tertiary/aromatic N) is 1. The van der Waals surface area contributed by atoms with Crippen LogP contribution in [0.5, 0.6) is 0 Å². The lowest BCUT2D eigenvalue weighted by molar-refractivity contribution is -0.121. The first-order chi connectivity index (χ1) is 6.17. The van der Waals surface area contributed by atoms with Gasteiger partial charge in [-0.25, -0.2) is 0 Å².